The van der Waals surface area contributed by atoms with E-state index in [1.165, 1.54) is 24.6 Å². The van der Waals surface area contributed by atoms with Crippen molar-refractivity contribution in [3.8, 4) is 0 Å². The van der Waals surface area contributed by atoms with Crippen molar-refractivity contribution in [2.24, 2.45) is 0 Å². The number of urea groups is 1. The number of nitrogens with one attached hydrogen (secondary N) is 1. The van der Waals surface area contributed by atoms with Crippen LogP contribution in [0.4, 0.5) is 14.9 Å². The van der Waals surface area contributed by atoms with Crippen LogP contribution in [0.3, 0.4) is 0 Å². The predicted molar refractivity (Wildman–Crippen MR) is 103 cm³/mol. The number of carbonyl (C=O) groups excluding carboxylic acids is 2. The topological polar surface area (TPSA) is 55.9 Å². The molecule has 1 aromatic rings. The molecule has 2 aliphatic rings. The molecule has 0 saturated carbocycles. The molecule has 3 amide bonds. The number of hydrogen-bond donors (Lipinski definition) is 1. The van der Waals surface area contributed by atoms with Crippen molar-refractivity contribution in [2.75, 3.05) is 44.6 Å². The van der Waals surface area contributed by atoms with Gasteiger partial charge in [0.1, 0.15) is 5.82 Å². The Morgan fingerprint density at radius 1 is 1.19 bits per heavy atom. The van der Waals surface area contributed by atoms with E-state index in [1.807, 2.05) is 4.90 Å². The van der Waals surface area contributed by atoms with Gasteiger partial charge < -0.3 is 15.1 Å². The number of anilines is 1. The van der Waals surface area contributed by atoms with Crippen LogP contribution in [-0.4, -0.2) is 71.9 Å². The van der Waals surface area contributed by atoms with E-state index in [-0.39, 0.29) is 17.0 Å². The Bertz CT molecular complexity index is 694. The van der Waals surface area contributed by atoms with Crippen molar-refractivity contribution in [3.63, 3.8) is 0 Å². The number of piperazine rings is 1. The fourth-order valence-electron chi connectivity index (χ4n) is 3.64. The Hall–Kier alpha value is -1.86. The lowest BCUT2D eigenvalue weighted by Gasteiger charge is -2.38. The third kappa shape index (κ3) is 5.11. The number of likely N-dealkylation sites (tertiary alicyclic amines) is 1. The van der Waals surface area contributed by atoms with Gasteiger partial charge >= 0.3 is 6.03 Å². The molecule has 1 aromatic carbocycles. The summed E-state index contributed by atoms with van der Waals surface area (Å²) in [5.74, 6) is -0.336. The molecular formula is C19H26ClFN4O2. The second-order valence-corrected chi connectivity index (χ2v) is 7.66. The van der Waals surface area contributed by atoms with Crippen LogP contribution in [0.25, 0.3) is 0 Å². The molecule has 2 saturated heterocycles. The maximum Gasteiger partial charge on any atom is 0.321 e. The summed E-state index contributed by atoms with van der Waals surface area (Å²) in [5, 5.41) is 2.71. The van der Waals surface area contributed by atoms with Crippen molar-refractivity contribution >= 4 is 29.2 Å². The van der Waals surface area contributed by atoms with E-state index in [0.717, 1.165) is 19.4 Å². The first kappa shape index (κ1) is 19.9. The standard InChI is InChI=1S/C19H26ClFN4O2/c1-14-4-2-3-7-25(14)18(26)13-23-8-10-24(11-9-23)19(27)22-15-5-6-17(21)16(20)12-15/h5-6,12,14H,2-4,7-11,13H2,1H3,(H,22,27). The summed E-state index contributed by atoms with van der Waals surface area (Å²) in [6, 6.07) is 4.18. The van der Waals surface area contributed by atoms with E-state index >= 15 is 0 Å². The van der Waals surface area contributed by atoms with Gasteiger partial charge in [-0.05, 0) is 44.4 Å². The number of rotatable bonds is 3. The number of carbonyl (C=O) groups is 2. The van der Waals surface area contributed by atoms with Crippen LogP contribution in [0.15, 0.2) is 18.2 Å². The molecule has 2 fully saturated rings. The van der Waals surface area contributed by atoms with Gasteiger partial charge in [0, 0.05) is 44.5 Å². The molecule has 8 heteroatoms. The molecule has 148 valence electrons. The molecule has 0 spiro atoms. The number of benzene rings is 1. The van der Waals surface area contributed by atoms with Gasteiger partial charge in [-0.2, -0.15) is 0 Å². The molecule has 3 rings (SSSR count). The quantitative estimate of drug-likeness (QED) is 0.854. The Balaban J connectivity index is 1.46. The summed E-state index contributed by atoms with van der Waals surface area (Å²) >= 11 is 5.74. The third-order valence-electron chi connectivity index (χ3n) is 5.31. The van der Waals surface area contributed by atoms with Crippen molar-refractivity contribution in [1.29, 1.82) is 0 Å². The minimum atomic E-state index is -0.518. The third-order valence-corrected chi connectivity index (χ3v) is 5.60. The maximum absolute atomic E-state index is 13.2. The first-order chi connectivity index (χ1) is 12.9. The monoisotopic (exact) mass is 396 g/mol. The Morgan fingerprint density at radius 2 is 1.93 bits per heavy atom. The number of amides is 3. The first-order valence-electron chi connectivity index (χ1n) is 9.47. The average molecular weight is 397 g/mol. The molecule has 1 N–H and O–H groups in total. The minimum Gasteiger partial charge on any atom is -0.339 e. The van der Waals surface area contributed by atoms with Gasteiger partial charge in [0.2, 0.25) is 5.91 Å². The summed E-state index contributed by atoms with van der Waals surface area (Å²) in [7, 11) is 0. The first-order valence-corrected chi connectivity index (χ1v) is 9.84. The number of halogens is 2. The van der Waals surface area contributed by atoms with Crippen molar-refractivity contribution in [2.45, 2.75) is 32.2 Å². The van der Waals surface area contributed by atoms with Gasteiger partial charge in [0.25, 0.3) is 0 Å². The Morgan fingerprint density at radius 3 is 2.59 bits per heavy atom. The number of nitrogens with zero attached hydrogens (tertiary/aromatic N) is 3. The molecule has 0 radical (unpaired) electrons. The lowest BCUT2D eigenvalue weighted by Crippen LogP contribution is -2.53. The molecule has 27 heavy (non-hydrogen) atoms. The molecule has 0 aliphatic carbocycles. The molecule has 1 atom stereocenters. The largest absolute Gasteiger partial charge is 0.339 e. The highest BCUT2D eigenvalue weighted by Crippen LogP contribution is 2.20. The van der Waals surface area contributed by atoms with Gasteiger partial charge in [0.05, 0.1) is 11.6 Å². The van der Waals surface area contributed by atoms with E-state index in [1.54, 1.807) is 4.90 Å². The van der Waals surface area contributed by atoms with Crippen LogP contribution in [0.1, 0.15) is 26.2 Å². The molecule has 6 nitrogen and oxygen atoms in total. The summed E-state index contributed by atoms with van der Waals surface area (Å²) < 4.78 is 13.2. The number of hydrogen-bond acceptors (Lipinski definition) is 3. The van der Waals surface area contributed by atoms with Crippen LogP contribution in [0.2, 0.25) is 5.02 Å². The van der Waals surface area contributed by atoms with Gasteiger partial charge in [0.15, 0.2) is 0 Å². The van der Waals surface area contributed by atoms with E-state index < -0.39 is 5.82 Å². The van der Waals surface area contributed by atoms with Crippen LogP contribution < -0.4 is 5.32 Å². The second-order valence-electron chi connectivity index (χ2n) is 7.25. The van der Waals surface area contributed by atoms with E-state index in [4.69, 9.17) is 11.6 Å². The van der Waals surface area contributed by atoms with Gasteiger partial charge in [-0.3, -0.25) is 9.69 Å². The zero-order valence-corrected chi connectivity index (χ0v) is 16.3. The Labute approximate surface area is 164 Å². The summed E-state index contributed by atoms with van der Waals surface area (Å²) in [5.41, 5.74) is 0.461. The maximum atomic E-state index is 13.2. The zero-order chi connectivity index (χ0) is 19.4. The van der Waals surface area contributed by atoms with Crippen LogP contribution in [-0.2, 0) is 4.79 Å². The lowest BCUT2D eigenvalue weighted by molar-refractivity contribution is -0.136. The normalized spacial score (nSPS) is 21.2. The van der Waals surface area contributed by atoms with Crippen molar-refractivity contribution in [3.05, 3.63) is 29.0 Å². The highest BCUT2D eigenvalue weighted by Gasteiger charge is 2.27. The fourth-order valence-corrected chi connectivity index (χ4v) is 3.82. The highest BCUT2D eigenvalue weighted by molar-refractivity contribution is 6.31. The van der Waals surface area contributed by atoms with Crippen LogP contribution in [0, 0.1) is 5.82 Å². The SMILES string of the molecule is CC1CCCCN1C(=O)CN1CCN(C(=O)Nc2ccc(F)c(Cl)c2)CC1. The van der Waals surface area contributed by atoms with Crippen molar-refractivity contribution < 1.29 is 14.0 Å². The smallest absolute Gasteiger partial charge is 0.321 e. The van der Waals surface area contributed by atoms with Gasteiger partial charge in [-0.15, -0.1) is 0 Å². The van der Waals surface area contributed by atoms with Crippen molar-refractivity contribution in [1.82, 2.24) is 14.7 Å². The summed E-state index contributed by atoms with van der Waals surface area (Å²) in [6.07, 6.45) is 3.35. The van der Waals surface area contributed by atoms with Gasteiger partial charge in [-0.25, -0.2) is 9.18 Å². The molecule has 2 heterocycles. The second kappa shape index (κ2) is 8.89. The van der Waals surface area contributed by atoms with Crippen LogP contribution >= 0.6 is 11.6 Å². The summed E-state index contributed by atoms with van der Waals surface area (Å²) in [4.78, 5) is 30.7. The molecular weight excluding hydrogens is 371 g/mol. The van der Waals surface area contributed by atoms with Crippen LogP contribution in [0.5, 0.6) is 0 Å². The molecule has 0 aromatic heterocycles. The van der Waals surface area contributed by atoms with E-state index in [0.29, 0.717) is 44.5 Å². The minimum absolute atomic E-state index is 0.0249. The zero-order valence-electron chi connectivity index (χ0n) is 15.6. The molecule has 0 bridgehead atoms. The lowest BCUT2D eigenvalue weighted by atomic mass is 10.0. The predicted octanol–water partition coefficient (Wildman–Crippen LogP) is 3.03. The van der Waals surface area contributed by atoms with E-state index in [2.05, 4.69) is 17.1 Å². The van der Waals surface area contributed by atoms with E-state index in [9.17, 15) is 14.0 Å². The fraction of sp³-hybridized carbons (Fsp3) is 0.579. The summed E-state index contributed by atoms with van der Waals surface area (Å²) in [6.45, 7) is 5.78. The molecule has 2 aliphatic heterocycles. The number of piperidine rings is 1. The molecule has 1 unspecified atom stereocenters. The Kier molecular flexibility index (Phi) is 6.55. The average Bonchev–Trinajstić information content (AvgIpc) is 2.65. The highest BCUT2D eigenvalue weighted by atomic mass is 35.5. The van der Waals surface area contributed by atoms with Gasteiger partial charge in [-0.1, -0.05) is 11.6 Å².